The molecule has 5 nitrogen and oxygen atoms in total. The Balaban J connectivity index is 1.90. The average molecular weight is 258 g/mol. The Labute approximate surface area is 107 Å². The van der Waals surface area contributed by atoms with E-state index in [9.17, 15) is 0 Å². The van der Waals surface area contributed by atoms with Crippen molar-refractivity contribution in [2.45, 2.75) is 6.04 Å². The summed E-state index contributed by atoms with van der Waals surface area (Å²) in [5.74, 6) is 0.857. The first kappa shape index (κ1) is 11.1. The average Bonchev–Trinajstić information content (AvgIpc) is 3.10. The lowest BCUT2D eigenvalue weighted by molar-refractivity contribution is 0.368. The molecule has 0 saturated heterocycles. The van der Waals surface area contributed by atoms with Gasteiger partial charge in [-0.3, -0.25) is 4.98 Å². The summed E-state index contributed by atoms with van der Waals surface area (Å²) in [5.41, 5.74) is 6.72. The van der Waals surface area contributed by atoms with E-state index in [2.05, 4.69) is 15.1 Å². The molecule has 3 aromatic heterocycles. The van der Waals surface area contributed by atoms with Crippen molar-refractivity contribution in [3.8, 4) is 11.5 Å². The molecule has 0 aromatic carbocycles. The Morgan fingerprint density at radius 2 is 2.17 bits per heavy atom. The number of nitrogens with two attached hydrogens (primary N) is 1. The summed E-state index contributed by atoms with van der Waals surface area (Å²) in [5, 5.41) is 5.86. The maximum absolute atomic E-state index is 6.05. The molecule has 2 N–H and O–H groups in total. The van der Waals surface area contributed by atoms with Crippen molar-refractivity contribution in [2.24, 2.45) is 5.73 Å². The third-order valence-electron chi connectivity index (χ3n) is 2.45. The van der Waals surface area contributed by atoms with E-state index in [0.29, 0.717) is 17.4 Å². The van der Waals surface area contributed by atoms with Crippen LogP contribution in [0.25, 0.3) is 11.5 Å². The molecule has 18 heavy (non-hydrogen) atoms. The quantitative estimate of drug-likeness (QED) is 0.779. The summed E-state index contributed by atoms with van der Waals surface area (Å²) < 4.78 is 5.19. The third-order valence-corrected chi connectivity index (χ3v) is 3.41. The molecular weight excluding hydrogens is 248 g/mol. The van der Waals surface area contributed by atoms with Crippen LogP contribution in [0.3, 0.4) is 0 Å². The number of aromatic nitrogens is 3. The van der Waals surface area contributed by atoms with Crippen LogP contribution in [0.5, 0.6) is 0 Å². The molecule has 0 saturated carbocycles. The van der Waals surface area contributed by atoms with Gasteiger partial charge in [-0.2, -0.15) is 4.98 Å². The largest absolute Gasteiger partial charge is 0.337 e. The smallest absolute Gasteiger partial charge is 0.249 e. The molecule has 0 amide bonds. The normalized spacial score (nSPS) is 12.5. The fourth-order valence-corrected chi connectivity index (χ4v) is 2.27. The molecule has 0 bridgehead atoms. The highest BCUT2D eigenvalue weighted by atomic mass is 32.1. The first-order valence-electron chi connectivity index (χ1n) is 5.38. The summed E-state index contributed by atoms with van der Waals surface area (Å²) in [6.45, 7) is 0. The van der Waals surface area contributed by atoms with Gasteiger partial charge in [0.1, 0.15) is 11.7 Å². The van der Waals surface area contributed by atoms with E-state index in [0.717, 1.165) is 4.88 Å². The third kappa shape index (κ3) is 2.03. The molecule has 0 spiro atoms. The molecule has 90 valence electrons. The van der Waals surface area contributed by atoms with Crippen molar-refractivity contribution in [1.82, 2.24) is 15.1 Å². The summed E-state index contributed by atoms with van der Waals surface area (Å²) in [6, 6.07) is 9.04. The number of hydrogen-bond donors (Lipinski definition) is 1. The number of pyridine rings is 1. The molecule has 3 aromatic rings. The molecule has 0 aliphatic heterocycles. The van der Waals surface area contributed by atoms with Gasteiger partial charge >= 0.3 is 0 Å². The van der Waals surface area contributed by atoms with Crippen LogP contribution >= 0.6 is 11.3 Å². The fraction of sp³-hybridized carbons (Fsp3) is 0.0833. The molecule has 0 aliphatic rings. The fourth-order valence-electron chi connectivity index (χ4n) is 1.55. The molecule has 3 rings (SSSR count). The van der Waals surface area contributed by atoms with Crippen LogP contribution in [-0.2, 0) is 0 Å². The van der Waals surface area contributed by atoms with Gasteiger partial charge in [0.25, 0.3) is 0 Å². The van der Waals surface area contributed by atoms with Crippen LogP contribution in [0.4, 0.5) is 0 Å². The Kier molecular flexibility index (Phi) is 2.87. The van der Waals surface area contributed by atoms with Gasteiger partial charge in [-0.15, -0.1) is 11.3 Å². The SMILES string of the molecule is NC(c1nc(-c2ccccn2)no1)c1cccs1. The Morgan fingerprint density at radius 3 is 2.89 bits per heavy atom. The lowest BCUT2D eigenvalue weighted by atomic mass is 10.2. The number of hydrogen-bond acceptors (Lipinski definition) is 6. The van der Waals surface area contributed by atoms with Gasteiger partial charge < -0.3 is 10.3 Å². The van der Waals surface area contributed by atoms with Crippen molar-refractivity contribution in [1.29, 1.82) is 0 Å². The summed E-state index contributed by atoms with van der Waals surface area (Å²) in [4.78, 5) is 9.43. The molecule has 6 heteroatoms. The lowest BCUT2D eigenvalue weighted by Gasteiger charge is -2.01. The topological polar surface area (TPSA) is 77.8 Å². The number of rotatable bonds is 3. The summed E-state index contributed by atoms with van der Waals surface area (Å²) >= 11 is 1.56. The molecule has 0 radical (unpaired) electrons. The van der Waals surface area contributed by atoms with Gasteiger partial charge in [-0.25, -0.2) is 0 Å². The van der Waals surface area contributed by atoms with Gasteiger partial charge in [0.2, 0.25) is 11.7 Å². The van der Waals surface area contributed by atoms with E-state index in [1.165, 1.54) is 0 Å². The zero-order valence-electron chi connectivity index (χ0n) is 9.35. The maximum atomic E-state index is 6.05. The van der Waals surface area contributed by atoms with E-state index < -0.39 is 0 Å². The zero-order chi connectivity index (χ0) is 12.4. The Morgan fingerprint density at radius 1 is 1.22 bits per heavy atom. The van der Waals surface area contributed by atoms with Crippen LogP contribution < -0.4 is 5.73 Å². The van der Waals surface area contributed by atoms with Gasteiger partial charge in [0.05, 0.1) is 0 Å². The van der Waals surface area contributed by atoms with Crippen LogP contribution in [0.2, 0.25) is 0 Å². The summed E-state index contributed by atoms with van der Waals surface area (Å²) in [6.07, 6.45) is 1.69. The minimum absolute atomic E-state index is 0.380. The van der Waals surface area contributed by atoms with Crippen LogP contribution in [-0.4, -0.2) is 15.1 Å². The van der Waals surface area contributed by atoms with Crippen molar-refractivity contribution >= 4 is 11.3 Å². The second-order valence-electron chi connectivity index (χ2n) is 3.66. The standard InChI is InChI=1S/C12H10N4OS/c13-10(9-5-3-7-18-9)12-15-11(16-17-12)8-4-1-2-6-14-8/h1-7,10H,13H2. The molecule has 0 aliphatic carbocycles. The van der Waals surface area contributed by atoms with Crippen molar-refractivity contribution < 1.29 is 4.52 Å². The van der Waals surface area contributed by atoms with Gasteiger partial charge in [-0.05, 0) is 23.6 Å². The Bertz CT molecular complexity index is 621. The summed E-state index contributed by atoms with van der Waals surface area (Å²) in [7, 11) is 0. The maximum Gasteiger partial charge on any atom is 0.249 e. The van der Waals surface area contributed by atoms with Crippen molar-refractivity contribution in [3.63, 3.8) is 0 Å². The predicted octanol–water partition coefficient (Wildman–Crippen LogP) is 2.24. The first-order valence-corrected chi connectivity index (χ1v) is 6.26. The van der Waals surface area contributed by atoms with E-state index in [1.807, 2.05) is 35.7 Å². The second-order valence-corrected chi connectivity index (χ2v) is 4.64. The van der Waals surface area contributed by atoms with Gasteiger partial charge in [0.15, 0.2) is 0 Å². The van der Waals surface area contributed by atoms with Gasteiger partial charge in [-0.1, -0.05) is 17.3 Å². The molecule has 1 unspecified atom stereocenters. The monoisotopic (exact) mass is 258 g/mol. The zero-order valence-corrected chi connectivity index (χ0v) is 10.2. The second kappa shape index (κ2) is 4.67. The first-order chi connectivity index (χ1) is 8.84. The highest BCUT2D eigenvalue weighted by molar-refractivity contribution is 7.10. The van der Waals surface area contributed by atoms with E-state index in [1.54, 1.807) is 17.5 Å². The van der Waals surface area contributed by atoms with Crippen LogP contribution in [0, 0.1) is 0 Å². The van der Waals surface area contributed by atoms with Crippen LogP contribution in [0.15, 0.2) is 46.4 Å². The molecule has 1 atom stereocenters. The molecular formula is C12H10N4OS. The van der Waals surface area contributed by atoms with E-state index in [4.69, 9.17) is 10.3 Å². The van der Waals surface area contributed by atoms with Crippen LogP contribution in [0.1, 0.15) is 16.8 Å². The van der Waals surface area contributed by atoms with E-state index in [-0.39, 0.29) is 6.04 Å². The molecule has 3 heterocycles. The Hall–Kier alpha value is -2.05. The van der Waals surface area contributed by atoms with E-state index >= 15 is 0 Å². The minimum Gasteiger partial charge on any atom is -0.337 e. The van der Waals surface area contributed by atoms with Crippen molar-refractivity contribution in [2.75, 3.05) is 0 Å². The predicted molar refractivity (Wildman–Crippen MR) is 67.9 cm³/mol. The molecule has 0 fully saturated rings. The highest BCUT2D eigenvalue weighted by Crippen LogP contribution is 2.23. The minimum atomic E-state index is -0.380. The highest BCUT2D eigenvalue weighted by Gasteiger charge is 2.18. The number of thiophene rings is 1. The van der Waals surface area contributed by atoms with Gasteiger partial charge in [0, 0.05) is 11.1 Å². The van der Waals surface area contributed by atoms with Crippen molar-refractivity contribution in [3.05, 3.63) is 52.7 Å². The number of nitrogens with zero attached hydrogens (tertiary/aromatic N) is 3. The lowest BCUT2D eigenvalue weighted by Crippen LogP contribution is -2.10.